The first-order chi connectivity index (χ1) is 8.68. The van der Waals surface area contributed by atoms with Crippen LogP contribution in [0.4, 0.5) is 0 Å². The molecule has 1 aromatic heterocycles. The third-order valence-electron chi connectivity index (χ3n) is 3.11. The summed E-state index contributed by atoms with van der Waals surface area (Å²) in [6, 6.07) is 10.7. The summed E-state index contributed by atoms with van der Waals surface area (Å²) in [5.41, 5.74) is 3.70. The van der Waals surface area contributed by atoms with Crippen molar-refractivity contribution in [1.29, 1.82) is 0 Å². The van der Waals surface area contributed by atoms with E-state index in [4.69, 9.17) is 11.6 Å². The second kappa shape index (κ2) is 5.98. The molecule has 0 amide bonds. The molecule has 94 valence electrons. The van der Waals surface area contributed by atoms with Gasteiger partial charge in [-0.25, -0.2) is 0 Å². The molecule has 2 aromatic rings. The first kappa shape index (κ1) is 13.1. The van der Waals surface area contributed by atoms with E-state index in [1.54, 1.807) is 12.4 Å². The van der Waals surface area contributed by atoms with Crippen molar-refractivity contribution in [3.63, 3.8) is 0 Å². The number of hydrogen-bond acceptors (Lipinski definition) is 2. The fraction of sp³-hybridized carbons (Fsp3) is 0.267. The van der Waals surface area contributed by atoms with Crippen LogP contribution in [0.5, 0.6) is 0 Å². The summed E-state index contributed by atoms with van der Waals surface area (Å²) in [4.78, 5) is 3.98. The fourth-order valence-corrected chi connectivity index (χ4v) is 2.18. The summed E-state index contributed by atoms with van der Waals surface area (Å²) in [6.07, 6.45) is 3.44. The van der Waals surface area contributed by atoms with Gasteiger partial charge in [0.05, 0.1) is 5.02 Å². The van der Waals surface area contributed by atoms with Crippen LogP contribution in [0.15, 0.2) is 42.7 Å². The lowest BCUT2D eigenvalue weighted by molar-refractivity contribution is 0.572. The Balaban J connectivity index is 2.03. The average Bonchev–Trinajstić information content (AvgIpc) is 2.38. The molecule has 0 aliphatic rings. The van der Waals surface area contributed by atoms with Gasteiger partial charge >= 0.3 is 0 Å². The van der Waals surface area contributed by atoms with Crippen molar-refractivity contribution >= 4 is 11.6 Å². The SMILES string of the molecule is Cc1ccccc1[C@@H](C)NCc1ccncc1Cl. The van der Waals surface area contributed by atoms with Crippen molar-refractivity contribution in [2.75, 3.05) is 0 Å². The van der Waals surface area contributed by atoms with Gasteiger partial charge in [0.25, 0.3) is 0 Å². The van der Waals surface area contributed by atoms with E-state index in [1.807, 2.05) is 6.07 Å². The Kier molecular flexibility index (Phi) is 4.34. The lowest BCUT2D eigenvalue weighted by Gasteiger charge is -2.16. The summed E-state index contributed by atoms with van der Waals surface area (Å²) in [5, 5.41) is 4.19. The average molecular weight is 261 g/mol. The van der Waals surface area contributed by atoms with E-state index in [1.165, 1.54) is 11.1 Å². The number of rotatable bonds is 4. The summed E-state index contributed by atoms with van der Waals surface area (Å²) in [5.74, 6) is 0. The Morgan fingerprint density at radius 2 is 2.06 bits per heavy atom. The van der Waals surface area contributed by atoms with Gasteiger partial charge in [0.1, 0.15) is 0 Å². The minimum Gasteiger partial charge on any atom is -0.306 e. The van der Waals surface area contributed by atoms with E-state index in [0.29, 0.717) is 11.1 Å². The highest BCUT2D eigenvalue weighted by Gasteiger charge is 2.08. The first-order valence-corrected chi connectivity index (χ1v) is 6.43. The third-order valence-corrected chi connectivity index (χ3v) is 3.45. The van der Waals surface area contributed by atoms with Crippen molar-refractivity contribution in [2.45, 2.75) is 26.4 Å². The highest BCUT2D eigenvalue weighted by molar-refractivity contribution is 6.31. The topological polar surface area (TPSA) is 24.9 Å². The van der Waals surface area contributed by atoms with Crippen molar-refractivity contribution < 1.29 is 0 Å². The predicted molar refractivity (Wildman–Crippen MR) is 75.7 cm³/mol. The smallest absolute Gasteiger partial charge is 0.0634 e. The summed E-state index contributed by atoms with van der Waals surface area (Å²) < 4.78 is 0. The molecular weight excluding hydrogens is 244 g/mol. The largest absolute Gasteiger partial charge is 0.306 e. The molecule has 1 atom stereocenters. The Morgan fingerprint density at radius 3 is 2.78 bits per heavy atom. The molecule has 3 heteroatoms. The second-order valence-corrected chi connectivity index (χ2v) is 4.83. The van der Waals surface area contributed by atoms with Crippen molar-refractivity contribution in [1.82, 2.24) is 10.3 Å². The first-order valence-electron chi connectivity index (χ1n) is 6.06. The zero-order chi connectivity index (χ0) is 13.0. The molecule has 0 radical (unpaired) electrons. The van der Waals surface area contributed by atoms with E-state index in [2.05, 4.69) is 48.4 Å². The monoisotopic (exact) mass is 260 g/mol. The standard InChI is InChI=1S/C15H17ClN2/c1-11-5-3-4-6-14(11)12(2)18-9-13-7-8-17-10-15(13)16/h3-8,10,12,18H,9H2,1-2H3/t12-/m1/s1. The van der Waals surface area contributed by atoms with Crippen molar-refractivity contribution in [3.8, 4) is 0 Å². The molecule has 0 saturated heterocycles. The minimum absolute atomic E-state index is 0.301. The van der Waals surface area contributed by atoms with Gasteiger partial charge in [-0.05, 0) is 36.6 Å². The highest BCUT2D eigenvalue weighted by Crippen LogP contribution is 2.19. The molecule has 0 spiro atoms. The fourth-order valence-electron chi connectivity index (χ4n) is 1.99. The van der Waals surface area contributed by atoms with Crippen LogP contribution < -0.4 is 5.32 Å². The van der Waals surface area contributed by atoms with Gasteiger partial charge in [0, 0.05) is 25.0 Å². The molecule has 0 fully saturated rings. The minimum atomic E-state index is 0.301. The number of nitrogens with zero attached hydrogens (tertiary/aromatic N) is 1. The molecule has 0 aliphatic carbocycles. The number of hydrogen-bond donors (Lipinski definition) is 1. The van der Waals surface area contributed by atoms with Crippen LogP contribution in [0, 0.1) is 6.92 Å². The Hall–Kier alpha value is -1.38. The summed E-state index contributed by atoms with van der Waals surface area (Å²) >= 11 is 6.08. The van der Waals surface area contributed by atoms with E-state index in [9.17, 15) is 0 Å². The number of nitrogens with one attached hydrogen (secondary N) is 1. The number of aryl methyl sites for hydroxylation is 1. The number of benzene rings is 1. The molecular formula is C15H17ClN2. The Bertz CT molecular complexity index is 525. The molecule has 0 saturated carbocycles. The summed E-state index contributed by atoms with van der Waals surface area (Å²) in [6.45, 7) is 5.04. The number of aromatic nitrogens is 1. The lowest BCUT2D eigenvalue weighted by atomic mass is 10.0. The molecule has 18 heavy (non-hydrogen) atoms. The van der Waals surface area contributed by atoms with Crippen LogP contribution in [0.2, 0.25) is 5.02 Å². The normalized spacial score (nSPS) is 12.4. The molecule has 0 aliphatic heterocycles. The predicted octanol–water partition coefficient (Wildman–Crippen LogP) is 3.89. The van der Waals surface area contributed by atoms with Crippen LogP contribution >= 0.6 is 11.6 Å². The maximum Gasteiger partial charge on any atom is 0.0634 e. The van der Waals surface area contributed by atoms with Gasteiger partial charge in [-0.3, -0.25) is 4.98 Å². The van der Waals surface area contributed by atoms with E-state index in [0.717, 1.165) is 12.1 Å². The van der Waals surface area contributed by atoms with Crippen molar-refractivity contribution in [3.05, 3.63) is 64.4 Å². The zero-order valence-electron chi connectivity index (χ0n) is 10.7. The second-order valence-electron chi connectivity index (χ2n) is 4.43. The quantitative estimate of drug-likeness (QED) is 0.902. The number of pyridine rings is 1. The van der Waals surface area contributed by atoms with Gasteiger partial charge in [0.15, 0.2) is 0 Å². The number of halogens is 1. The highest BCUT2D eigenvalue weighted by atomic mass is 35.5. The van der Waals surface area contributed by atoms with Crippen LogP contribution in [0.1, 0.15) is 29.7 Å². The van der Waals surface area contributed by atoms with Crippen LogP contribution in [0.25, 0.3) is 0 Å². The van der Waals surface area contributed by atoms with Gasteiger partial charge in [0.2, 0.25) is 0 Å². The van der Waals surface area contributed by atoms with E-state index in [-0.39, 0.29) is 0 Å². The van der Waals surface area contributed by atoms with Gasteiger partial charge < -0.3 is 5.32 Å². The zero-order valence-corrected chi connectivity index (χ0v) is 11.4. The van der Waals surface area contributed by atoms with Crippen LogP contribution in [-0.4, -0.2) is 4.98 Å². The van der Waals surface area contributed by atoms with Gasteiger partial charge in [-0.15, -0.1) is 0 Å². The molecule has 1 aromatic carbocycles. The molecule has 2 nitrogen and oxygen atoms in total. The van der Waals surface area contributed by atoms with E-state index >= 15 is 0 Å². The molecule has 1 N–H and O–H groups in total. The van der Waals surface area contributed by atoms with Gasteiger partial charge in [-0.2, -0.15) is 0 Å². The third kappa shape index (κ3) is 3.09. The molecule has 0 unspecified atom stereocenters. The maximum absolute atomic E-state index is 6.08. The Morgan fingerprint density at radius 1 is 1.28 bits per heavy atom. The molecule has 0 bridgehead atoms. The lowest BCUT2D eigenvalue weighted by Crippen LogP contribution is -2.19. The summed E-state index contributed by atoms with van der Waals surface area (Å²) in [7, 11) is 0. The van der Waals surface area contributed by atoms with Crippen LogP contribution in [0.3, 0.4) is 0 Å². The maximum atomic E-state index is 6.08. The molecule has 2 rings (SSSR count). The molecule has 1 heterocycles. The van der Waals surface area contributed by atoms with Crippen LogP contribution in [-0.2, 0) is 6.54 Å². The van der Waals surface area contributed by atoms with Crippen molar-refractivity contribution in [2.24, 2.45) is 0 Å². The van der Waals surface area contributed by atoms with E-state index < -0.39 is 0 Å². The van der Waals surface area contributed by atoms with Gasteiger partial charge in [-0.1, -0.05) is 35.9 Å². The Labute approximate surface area is 113 Å².